The molecule has 4 nitrogen and oxygen atoms in total. The van der Waals surface area contributed by atoms with E-state index in [1.165, 1.54) is 0 Å². The fourth-order valence-corrected chi connectivity index (χ4v) is 1.18. The molecule has 0 bridgehead atoms. The normalized spacial score (nSPS) is 12.9. The molecule has 0 aliphatic carbocycles. The SMILES string of the molecule is CC(C)C(CO)Nc1ccnc(Cl)n1. The van der Waals surface area contributed by atoms with Crippen molar-refractivity contribution in [1.82, 2.24) is 9.97 Å². The first-order valence-corrected chi connectivity index (χ1v) is 4.87. The Morgan fingerprint density at radius 3 is 2.79 bits per heavy atom. The third-order valence-corrected chi connectivity index (χ3v) is 2.14. The van der Waals surface area contributed by atoms with Crippen molar-refractivity contribution in [2.45, 2.75) is 19.9 Å². The summed E-state index contributed by atoms with van der Waals surface area (Å²) in [5.74, 6) is 0.964. The van der Waals surface area contributed by atoms with Gasteiger partial charge in [-0.3, -0.25) is 0 Å². The molecular formula is C9H14ClN3O. The van der Waals surface area contributed by atoms with Gasteiger partial charge in [-0.2, -0.15) is 0 Å². The number of rotatable bonds is 4. The van der Waals surface area contributed by atoms with Crippen molar-refractivity contribution >= 4 is 17.4 Å². The van der Waals surface area contributed by atoms with Crippen LogP contribution in [-0.2, 0) is 0 Å². The Hall–Kier alpha value is -0.870. The summed E-state index contributed by atoms with van der Waals surface area (Å²) < 4.78 is 0. The monoisotopic (exact) mass is 215 g/mol. The third-order valence-electron chi connectivity index (χ3n) is 1.96. The molecule has 1 unspecified atom stereocenters. The van der Waals surface area contributed by atoms with Crippen molar-refractivity contribution in [1.29, 1.82) is 0 Å². The maximum atomic E-state index is 9.09. The lowest BCUT2D eigenvalue weighted by atomic mass is 10.1. The molecule has 0 saturated carbocycles. The first kappa shape index (κ1) is 11.2. The van der Waals surface area contributed by atoms with Crippen LogP contribution in [0.15, 0.2) is 12.3 Å². The second-order valence-corrected chi connectivity index (χ2v) is 3.73. The summed E-state index contributed by atoms with van der Waals surface area (Å²) in [7, 11) is 0. The van der Waals surface area contributed by atoms with Crippen LogP contribution in [0, 0.1) is 5.92 Å². The highest BCUT2D eigenvalue weighted by Crippen LogP contribution is 2.11. The Balaban J connectivity index is 2.67. The molecule has 78 valence electrons. The van der Waals surface area contributed by atoms with Crippen molar-refractivity contribution < 1.29 is 5.11 Å². The Morgan fingerprint density at radius 2 is 2.29 bits per heavy atom. The summed E-state index contributed by atoms with van der Waals surface area (Å²) in [5, 5.41) is 12.4. The van der Waals surface area contributed by atoms with Gasteiger partial charge in [0.05, 0.1) is 12.6 Å². The minimum absolute atomic E-state index is 0.0130. The largest absolute Gasteiger partial charge is 0.394 e. The zero-order valence-electron chi connectivity index (χ0n) is 8.24. The highest BCUT2D eigenvalue weighted by atomic mass is 35.5. The second kappa shape index (κ2) is 5.12. The summed E-state index contributed by atoms with van der Waals surface area (Å²) in [6, 6.07) is 1.71. The Kier molecular flexibility index (Phi) is 4.10. The molecule has 2 N–H and O–H groups in total. The summed E-state index contributed by atoms with van der Waals surface area (Å²) in [5.41, 5.74) is 0. The fourth-order valence-electron chi connectivity index (χ4n) is 1.03. The number of halogens is 1. The molecule has 5 heteroatoms. The molecule has 0 fully saturated rings. The molecule has 14 heavy (non-hydrogen) atoms. The van der Waals surface area contributed by atoms with E-state index in [2.05, 4.69) is 15.3 Å². The van der Waals surface area contributed by atoms with E-state index in [-0.39, 0.29) is 17.9 Å². The fraction of sp³-hybridized carbons (Fsp3) is 0.556. The van der Waals surface area contributed by atoms with Gasteiger partial charge in [-0.05, 0) is 23.6 Å². The van der Waals surface area contributed by atoms with E-state index in [1.54, 1.807) is 12.3 Å². The molecule has 0 aliphatic rings. The Morgan fingerprint density at radius 1 is 1.57 bits per heavy atom. The molecule has 1 atom stereocenters. The van der Waals surface area contributed by atoms with Gasteiger partial charge in [-0.25, -0.2) is 9.97 Å². The van der Waals surface area contributed by atoms with Crippen LogP contribution < -0.4 is 5.32 Å². The molecule has 1 heterocycles. The Bertz CT molecular complexity index is 293. The first-order valence-electron chi connectivity index (χ1n) is 4.49. The number of nitrogens with zero attached hydrogens (tertiary/aromatic N) is 2. The number of nitrogens with one attached hydrogen (secondary N) is 1. The molecule has 1 rings (SSSR count). The van der Waals surface area contributed by atoms with Crippen LogP contribution in [-0.4, -0.2) is 27.7 Å². The standard InChI is InChI=1S/C9H14ClN3O/c1-6(2)7(5-14)12-8-3-4-11-9(10)13-8/h3-4,6-7,14H,5H2,1-2H3,(H,11,12,13). The van der Waals surface area contributed by atoms with Crippen LogP contribution in [0.4, 0.5) is 5.82 Å². The quantitative estimate of drug-likeness (QED) is 0.749. The second-order valence-electron chi connectivity index (χ2n) is 3.39. The van der Waals surface area contributed by atoms with E-state index in [9.17, 15) is 0 Å². The molecule has 1 aromatic rings. The van der Waals surface area contributed by atoms with Crippen molar-refractivity contribution in [3.8, 4) is 0 Å². The highest BCUT2D eigenvalue weighted by molar-refractivity contribution is 6.28. The number of anilines is 1. The summed E-state index contributed by atoms with van der Waals surface area (Å²) in [4.78, 5) is 7.75. The van der Waals surface area contributed by atoms with Gasteiger partial charge >= 0.3 is 0 Å². The van der Waals surface area contributed by atoms with Crippen LogP contribution in [0.5, 0.6) is 0 Å². The minimum Gasteiger partial charge on any atom is -0.394 e. The predicted molar refractivity (Wildman–Crippen MR) is 56.4 cm³/mol. The van der Waals surface area contributed by atoms with Gasteiger partial charge in [0.15, 0.2) is 0 Å². The first-order chi connectivity index (χ1) is 6.63. The molecule has 0 aromatic carbocycles. The highest BCUT2D eigenvalue weighted by Gasteiger charge is 2.12. The van der Waals surface area contributed by atoms with E-state index in [1.807, 2.05) is 13.8 Å². The van der Waals surface area contributed by atoms with E-state index in [4.69, 9.17) is 16.7 Å². The lowest BCUT2D eigenvalue weighted by Gasteiger charge is -2.20. The minimum atomic E-state index is -0.0130. The van der Waals surface area contributed by atoms with Crippen molar-refractivity contribution in [3.05, 3.63) is 17.5 Å². The smallest absolute Gasteiger partial charge is 0.224 e. The zero-order chi connectivity index (χ0) is 10.6. The van der Waals surface area contributed by atoms with Gasteiger partial charge in [-0.15, -0.1) is 0 Å². The van der Waals surface area contributed by atoms with E-state index in [0.717, 1.165) is 0 Å². The van der Waals surface area contributed by atoms with Gasteiger partial charge < -0.3 is 10.4 Å². The van der Waals surface area contributed by atoms with Crippen molar-refractivity contribution in [2.24, 2.45) is 5.92 Å². The van der Waals surface area contributed by atoms with Gasteiger partial charge in [0.1, 0.15) is 5.82 Å². The maximum absolute atomic E-state index is 9.09. The van der Waals surface area contributed by atoms with Gasteiger partial charge in [0.25, 0.3) is 0 Å². The van der Waals surface area contributed by atoms with E-state index in [0.29, 0.717) is 11.7 Å². The lowest BCUT2D eigenvalue weighted by molar-refractivity contribution is 0.249. The number of aliphatic hydroxyl groups excluding tert-OH is 1. The number of hydrogen-bond acceptors (Lipinski definition) is 4. The van der Waals surface area contributed by atoms with Gasteiger partial charge in [0.2, 0.25) is 5.28 Å². The van der Waals surface area contributed by atoms with Gasteiger partial charge in [0, 0.05) is 6.20 Å². The van der Waals surface area contributed by atoms with Crippen molar-refractivity contribution in [2.75, 3.05) is 11.9 Å². The summed E-state index contributed by atoms with van der Waals surface area (Å²) in [6.45, 7) is 4.12. The number of aliphatic hydroxyl groups is 1. The zero-order valence-corrected chi connectivity index (χ0v) is 8.99. The maximum Gasteiger partial charge on any atom is 0.224 e. The predicted octanol–water partition coefficient (Wildman–Crippen LogP) is 1.56. The Labute approximate surface area is 88.3 Å². The lowest BCUT2D eigenvalue weighted by Crippen LogP contribution is -2.29. The molecule has 0 aliphatic heterocycles. The van der Waals surface area contributed by atoms with Crippen molar-refractivity contribution in [3.63, 3.8) is 0 Å². The third kappa shape index (κ3) is 3.12. The molecule has 0 radical (unpaired) electrons. The molecule has 1 aromatic heterocycles. The molecule has 0 spiro atoms. The van der Waals surface area contributed by atoms with Crippen LogP contribution >= 0.6 is 11.6 Å². The number of hydrogen-bond donors (Lipinski definition) is 2. The van der Waals surface area contributed by atoms with Gasteiger partial charge in [-0.1, -0.05) is 13.8 Å². The van der Waals surface area contributed by atoms with E-state index < -0.39 is 0 Å². The molecule has 0 saturated heterocycles. The molecular weight excluding hydrogens is 202 g/mol. The van der Waals surface area contributed by atoms with Crippen LogP contribution in [0.2, 0.25) is 5.28 Å². The summed E-state index contributed by atoms with van der Waals surface area (Å²) >= 11 is 5.63. The average Bonchev–Trinajstić information content (AvgIpc) is 2.14. The van der Waals surface area contributed by atoms with Crippen LogP contribution in [0.3, 0.4) is 0 Å². The summed E-state index contributed by atoms with van der Waals surface area (Å²) in [6.07, 6.45) is 1.58. The number of aromatic nitrogens is 2. The molecule has 0 amide bonds. The average molecular weight is 216 g/mol. The topological polar surface area (TPSA) is 58.0 Å². The van der Waals surface area contributed by atoms with E-state index >= 15 is 0 Å². The van der Waals surface area contributed by atoms with Crippen LogP contribution in [0.1, 0.15) is 13.8 Å². The van der Waals surface area contributed by atoms with Crippen LogP contribution in [0.25, 0.3) is 0 Å².